The van der Waals surface area contributed by atoms with E-state index in [-0.39, 0.29) is 0 Å². The van der Waals surface area contributed by atoms with Crippen molar-refractivity contribution in [3.05, 3.63) is 28.8 Å². The van der Waals surface area contributed by atoms with Gasteiger partial charge in [0.2, 0.25) is 0 Å². The molecular formula is C11H15NOS. The summed E-state index contributed by atoms with van der Waals surface area (Å²) >= 11 is 5.20. The molecule has 0 aromatic heterocycles. The molecule has 0 saturated heterocycles. The van der Waals surface area contributed by atoms with Crippen LogP contribution < -0.4 is 10.1 Å². The number of aryl methyl sites for hydroxylation is 2. The van der Waals surface area contributed by atoms with Gasteiger partial charge in [0.1, 0.15) is 10.7 Å². The first-order valence-electron chi connectivity index (χ1n) is 4.47. The Hall–Kier alpha value is -1.09. The van der Waals surface area contributed by atoms with Gasteiger partial charge in [-0.15, -0.1) is 0 Å². The van der Waals surface area contributed by atoms with Gasteiger partial charge >= 0.3 is 0 Å². The first-order chi connectivity index (χ1) is 6.60. The summed E-state index contributed by atoms with van der Waals surface area (Å²) in [5.41, 5.74) is 3.26. The monoisotopic (exact) mass is 209 g/mol. The van der Waals surface area contributed by atoms with Crippen molar-refractivity contribution in [2.75, 3.05) is 14.2 Å². The summed E-state index contributed by atoms with van der Waals surface area (Å²) in [5, 5.41) is 2.96. The van der Waals surface area contributed by atoms with Crippen molar-refractivity contribution in [3.8, 4) is 5.75 Å². The van der Waals surface area contributed by atoms with Crippen LogP contribution in [0.15, 0.2) is 12.1 Å². The van der Waals surface area contributed by atoms with Gasteiger partial charge in [-0.1, -0.05) is 18.3 Å². The van der Waals surface area contributed by atoms with Crippen LogP contribution in [0, 0.1) is 13.8 Å². The van der Waals surface area contributed by atoms with E-state index in [9.17, 15) is 0 Å². The maximum Gasteiger partial charge on any atom is 0.131 e. The molecule has 0 aliphatic rings. The van der Waals surface area contributed by atoms with E-state index < -0.39 is 0 Å². The standard InChI is InChI=1S/C11H15NOS/c1-7-5-8(2)10(13-4)9(6-7)11(14)12-3/h5-6H,1-4H3,(H,12,14). The van der Waals surface area contributed by atoms with Crippen LogP contribution in [0.1, 0.15) is 16.7 Å². The molecule has 0 radical (unpaired) electrons. The fraction of sp³-hybridized carbons (Fsp3) is 0.364. The third-order valence-electron chi connectivity index (χ3n) is 2.09. The van der Waals surface area contributed by atoms with E-state index in [0.717, 1.165) is 16.9 Å². The molecule has 2 nitrogen and oxygen atoms in total. The normalized spacial score (nSPS) is 9.71. The Kier molecular flexibility index (Phi) is 3.47. The molecule has 0 spiro atoms. The summed E-state index contributed by atoms with van der Waals surface area (Å²) in [4.78, 5) is 0.716. The molecule has 1 N–H and O–H groups in total. The largest absolute Gasteiger partial charge is 0.496 e. The number of nitrogens with one attached hydrogen (secondary N) is 1. The minimum Gasteiger partial charge on any atom is -0.496 e. The Morgan fingerprint density at radius 3 is 2.50 bits per heavy atom. The van der Waals surface area contributed by atoms with Crippen molar-refractivity contribution in [2.45, 2.75) is 13.8 Å². The Morgan fingerprint density at radius 2 is 2.00 bits per heavy atom. The molecule has 1 aromatic carbocycles. The zero-order chi connectivity index (χ0) is 10.7. The smallest absolute Gasteiger partial charge is 0.131 e. The molecular weight excluding hydrogens is 194 g/mol. The molecule has 0 aliphatic heterocycles. The van der Waals surface area contributed by atoms with Gasteiger partial charge in [-0.25, -0.2) is 0 Å². The number of ether oxygens (including phenoxy) is 1. The van der Waals surface area contributed by atoms with E-state index in [1.54, 1.807) is 7.11 Å². The van der Waals surface area contributed by atoms with Crippen LogP contribution in [0.2, 0.25) is 0 Å². The Bertz CT molecular complexity index is 361. The highest BCUT2D eigenvalue weighted by molar-refractivity contribution is 7.80. The molecule has 0 amide bonds. The number of rotatable bonds is 2. The first kappa shape index (κ1) is 11.0. The average molecular weight is 209 g/mol. The highest BCUT2D eigenvalue weighted by Gasteiger charge is 2.10. The van der Waals surface area contributed by atoms with Crippen molar-refractivity contribution in [1.29, 1.82) is 0 Å². The second kappa shape index (κ2) is 4.42. The summed E-state index contributed by atoms with van der Waals surface area (Å²) in [7, 11) is 3.49. The lowest BCUT2D eigenvalue weighted by atomic mass is 10.1. The van der Waals surface area contributed by atoms with Gasteiger partial charge in [-0.2, -0.15) is 0 Å². The van der Waals surface area contributed by atoms with E-state index in [1.165, 1.54) is 5.56 Å². The lowest BCUT2D eigenvalue weighted by molar-refractivity contribution is 0.410. The molecule has 0 bridgehead atoms. The Balaban J connectivity index is 3.32. The van der Waals surface area contributed by atoms with Crippen molar-refractivity contribution < 1.29 is 4.74 Å². The maximum atomic E-state index is 5.33. The molecule has 0 saturated carbocycles. The molecule has 1 aromatic rings. The molecule has 0 fully saturated rings. The third kappa shape index (κ3) is 2.04. The number of benzene rings is 1. The molecule has 0 atom stereocenters. The highest BCUT2D eigenvalue weighted by Crippen LogP contribution is 2.25. The second-order valence-corrected chi connectivity index (χ2v) is 3.65. The predicted molar refractivity (Wildman–Crippen MR) is 63.2 cm³/mol. The molecule has 0 heterocycles. The van der Waals surface area contributed by atoms with Gasteiger partial charge < -0.3 is 10.1 Å². The quantitative estimate of drug-likeness (QED) is 0.755. The maximum absolute atomic E-state index is 5.33. The topological polar surface area (TPSA) is 21.3 Å². The van der Waals surface area contributed by atoms with Crippen LogP contribution in [0.25, 0.3) is 0 Å². The van der Waals surface area contributed by atoms with Gasteiger partial charge in [-0.3, -0.25) is 0 Å². The summed E-state index contributed by atoms with van der Waals surface area (Å²) in [6.07, 6.45) is 0. The van der Waals surface area contributed by atoms with E-state index in [4.69, 9.17) is 17.0 Å². The van der Waals surface area contributed by atoms with Gasteiger partial charge in [0.05, 0.1) is 12.7 Å². The fourth-order valence-electron chi connectivity index (χ4n) is 1.53. The van der Waals surface area contributed by atoms with E-state index in [0.29, 0.717) is 4.99 Å². The number of hydrogen-bond donors (Lipinski definition) is 1. The Morgan fingerprint density at radius 1 is 1.36 bits per heavy atom. The average Bonchev–Trinajstić information content (AvgIpc) is 2.15. The SMILES string of the molecule is CNC(=S)c1cc(C)cc(C)c1OC. The Labute approximate surface area is 90.3 Å². The first-order valence-corrected chi connectivity index (χ1v) is 4.88. The minimum atomic E-state index is 0.716. The van der Waals surface area contributed by atoms with Crippen LogP contribution in [-0.4, -0.2) is 19.1 Å². The van der Waals surface area contributed by atoms with Crippen molar-refractivity contribution >= 4 is 17.2 Å². The second-order valence-electron chi connectivity index (χ2n) is 3.24. The number of hydrogen-bond acceptors (Lipinski definition) is 2. The molecule has 0 unspecified atom stereocenters. The van der Waals surface area contributed by atoms with Crippen molar-refractivity contribution in [3.63, 3.8) is 0 Å². The number of methoxy groups -OCH3 is 1. The fourth-order valence-corrected chi connectivity index (χ4v) is 1.68. The molecule has 76 valence electrons. The summed E-state index contributed by atoms with van der Waals surface area (Å²) in [6.45, 7) is 4.07. The summed E-state index contributed by atoms with van der Waals surface area (Å²) in [5.74, 6) is 0.856. The minimum absolute atomic E-state index is 0.716. The van der Waals surface area contributed by atoms with Crippen molar-refractivity contribution in [2.24, 2.45) is 0 Å². The molecule has 14 heavy (non-hydrogen) atoms. The van der Waals surface area contributed by atoms with E-state index in [1.807, 2.05) is 27.0 Å². The third-order valence-corrected chi connectivity index (χ3v) is 2.52. The van der Waals surface area contributed by atoms with Gasteiger partial charge in [-0.05, 0) is 31.0 Å². The van der Waals surface area contributed by atoms with Gasteiger partial charge in [0, 0.05) is 7.05 Å². The zero-order valence-electron chi connectivity index (χ0n) is 8.97. The lowest BCUT2D eigenvalue weighted by Gasteiger charge is -2.13. The van der Waals surface area contributed by atoms with Crippen LogP contribution in [0.4, 0.5) is 0 Å². The van der Waals surface area contributed by atoms with Crippen LogP contribution in [0.5, 0.6) is 5.75 Å². The molecule has 3 heteroatoms. The summed E-state index contributed by atoms with van der Waals surface area (Å²) in [6, 6.07) is 4.12. The lowest BCUT2D eigenvalue weighted by Crippen LogP contribution is -2.18. The van der Waals surface area contributed by atoms with Crippen LogP contribution in [0.3, 0.4) is 0 Å². The van der Waals surface area contributed by atoms with Crippen LogP contribution in [-0.2, 0) is 0 Å². The zero-order valence-corrected chi connectivity index (χ0v) is 9.79. The van der Waals surface area contributed by atoms with Gasteiger partial charge in [0.15, 0.2) is 0 Å². The van der Waals surface area contributed by atoms with E-state index in [2.05, 4.69) is 11.4 Å². The van der Waals surface area contributed by atoms with E-state index >= 15 is 0 Å². The molecule has 0 aliphatic carbocycles. The van der Waals surface area contributed by atoms with Crippen LogP contribution >= 0.6 is 12.2 Å². The van der Waals surface area contributed by atoms with Crippen molar-refractivity contribution in [1.82, 2.24) is 5.32 Å². The summed E-state index contributed by atoms with van der Waals surface area (Å²) < 4.78 is 5.33. The van der Waals surface area contributed by atoms with Gasteiger partial charge in [0.25, 0.3) is 0 Å². The predicted octanol–water partition coefficient (Wildman–Crippen LogP) is 2.21. The number of thiocarbonyl (C=S) groups is 1. The molecule has 1 rings (SSSR count). The highest BCUT2D eigenvalue weighted by atomic mass is 32.1.